The van der Waals surface area contributed by atoms with Crippen LogP contribution in [-0.2, 0) is 14.3 Å². The van der Waals surface area contributed by atoms with E-state index in [1.54, 1.807) is 28.4 Å². The van der Waals surface area contributed by atoms with E-state index >= 15 is 0 Å². The SMILES string of the molecule is CCCCSC(C)C(=O)N1CCSC(C)(C)[C@@H]1C(=O)OC. The molecule has 0 N–H and O–H groups in total. The third kappa shape index (κ3) is 4.81. The maximum Gasteiger partial charge on any atom is 0.330 e. The number of hydrogen-bond acceptors (Lipinski definition) is 5. The molecule has 0 aliphatic carbocycles. The van der Waals surface area contributed by atoms with E-state index in [0.717, 1.165) is 24.3 Å². The van der Waals surface area contributed by atoms with Crippen molar-refractivity contribution in [3.63, 3.8) is 0 Å². The molecular weight excluding hydrogens is 306 g/mol. The van der Waals surface area contributed by atoms with Crippen molar-refractivity contribution in [2.24, 2.45) is 0 Å². The molecule has 1 saturated heterocycles. The Morgan fingerprint density at radius 1 is 1.48 bits per heavy atom. The highest BCUT2D eigenvalue weighted by Gasteiger charge is 2.46. The van der Waals surface area contributed by atoms with Crippen molar-refractivity contribution in [3.8, 4) is 0 Å². The molecule has 1 aliphatic heterocycles. The summed E-state index contributed by atoms with van der Waals surface area (Å²) in [6, 6.07) is -0.497. The third-order valence-electron chi connectivity index (χ3n) is 3.70. The summed E-state index contributed by atoms with van der Waals surface area (Å²) in [4.78, 5) is 26.6. The van der Waals surface area contributed by atoms with Crippen LogP contribution in [-0.4, -0.2) is 58.0 Å². The topological polar surface area (TPSA) is 46.6 Å². The molecule has 1 aliphatic rings. The molecule has 1 fully saturated rings. The molecule has 0 saturated carbocycles. The van der Waals surface area contributed by atoms with Gasteiger partial charge in [-0.05, 0) is 32.9 Å². The van der Waals surface area contributed by atoms with E-state index in [0.29, 0.717) is 6.54 Å². The number of unbranched alkanes of at least 4 members (excludes halogenated alkanes) is 1. The number of rotatable bonds is 6. The van der Waals surface area contributed by atoms with Crippen molar-refractivity contribution in [3.05, 3.63) is 0 Å². The minimum atomic E-state index is -0.497. The molecule has 6 heteroatoms. The van der Waals surface area contributed by atoms with Gasteiger partial charge in [0, 0.05) is 17.0 Å². The number of nitrogens with zero attached hydrogens (tertiary/aromatic N) is 1. The van der Waals surface area contributed by atoms with E-state index in [1.165, 1.54) is 7.11 Å². The Labute approximate surface area is 136 Å². The molecule has 4 nitrogen and oxygen atoms in total. The van der Waals surface area contributed by atoms with Gasteiger partial charge in [0.15, 0.2) is 0 Å². The summed E-state index contributed by atoms with van der Waals surface area (Å²) in [6.45, 7) is 8.71. The average Bonchev–Trinajstić information content (AvgIpc) is 2.44. The lowest BCUT2D eigenvalue weighted by Gasteiger charge is -2.44. The van der Waals surface area contributed by atoms with Crippen LogP contribution < -0.4 is 0 Å². The molecule has 122 valence electrons. The quantitative estimate of drug-likeness (QED) is 0.552. The zero-order valence-electron chi connectivity index (χ0n) is 13.7. The first kappa shape index (κ1) is 18.7. The number of esters is 1. The monoisotopic (exact) mass is 333 g/mol. The van der Waals surface area contributed by atoms with E-state index < -0.39 is 6.04 Å². The van der Waals surface area contributed by atoms with Gasteiger partial charge in [0.05, 0.1) is 12.4 Å². The van der Waals surface area contributed by atoms with Crippen molar-refractivity contribution in [2.75, 3.05) is 25.2 Å². The lowest BCUT2D eigenvalue weighted by molar-refractivity contribution is -0.154. The number of ether oxygens (including phenoxy) is 1. The summed E-state index contributed by atoms with van der Waals surface area (Å²) < 4.78 is 4.62. The molecular formula is C15H27NO3S2. The maximum absolute atomic E-state index is 12.7. The lowest BCUT2D eigenvalue weighted by Crippen LogP contribution is -2.60. The summed E-state index contributed by atoms with van der Waals surface area (Å²) in [5.41, 5.74) is 0. The van der Waals surface area contributed by atoms with Gasteiger partial charge >= 0.3 is 5.97 Å². The molecule has 0 bridgehead atoms. The van der Waals surface area contributed by atoms with Crippen LogP contribution in [0.25, 0.3) is 0 Å². The molecule has 0 aromatic heterocycles. The van der Waals surface area contributed by atoms with Gasteiger partial charge in [0.25, 0.3) is 0 Å². The molecule has 0 spiro atoms. The van der Waals surface area contributed by atoms with Gasteiger partial charge in [-0.1, -0.05) is 13.3 Å². The Hall–Kier alpha value is -0.360. The second-order valence-electron chi connectivity index (χ2n) is 5.78. The fraction of sp³-hybridized carbons (Fsp3) is 0.867. The van der Waals surface area contributed by atoms with Crippen molar-refractivity contribution in [1.29, 1.82) is 0 Å². The minimum Gasteiger partial charge on any atom is -0.467 e. The van der Waals surface area contributed by atoms with Gasteiger partial charge < -0.3 is 9.64 Å². The zero-order chi connectivity index (χ0) is 16.0. The molecule has 1 unspecified atom stereocenters. The van der Waals surface area contributed by atoms with Gasteiger partial charge in [-0.25, -0.2) is 4.79 Å². The number of hydrogen-bond donors (Lipinski definition) is 0. The Morgan fingerprint density at radius 3 is 2.71 bits per heavy atom. The zero-order valence-corrected chi connectivity index (χ0v) is 15.3. The first-order valence-electron chi connectivity index (χ1n) is 7.49. The van der Waals surface area contributed by atoms with E-state index in [2.05, 4.69) is 6.92 Å². The Bertz CT molecular complexity index is 374. The molecule has 2 atom stereocenters. The smallest absolute Gasteiger partial charge is 0.330 e. The van der Waals surface area contributed by atoms with Crippen LogP contribution in [0.1, 0.15) is 40.5 Å². The Morgan fingerprint density at radius 2 is 2.14 bits per heavy atom. The van der Waals surface area contributed by atoms with Crippen LogP contribution in [0.4, 0.5) is 0 Å². The van der Waals surface area contributed by atoms with Crippen molar-refractivity contribution >= 4 is 35.4 Å². The van der Waals surface area contributed by atoms with E-state index in [9.17, 15) is 9.59 Å². The van der Waals surface area contributed by atoms with Gasteiger partial charge in [-0.3, -0.25) is 4.79 Å². The predicted octanol–water partition coefficient (Wildman–Crippen LogP) is 2.80. The van der Waals surface area contributed by atoms with E-state index in [-0.39, 0.29) is 21.9 Å². The van der Waals surface area contributed by atoms with Crippen LogP contribution in [0, 0.1) is 0 Å². The summed E-state index contributed by atoms with van der Waals surface area (Å²) in [7, 11) is 1.39. The molecule has 0 radical (unpaired) electrons. The molecule has 1 rings (SSSR count). The van der Waals surface area contributed by atoms with Crippen LogP contribution in [0.2, 0.25) is 0 Å². The van der Waals surface area contributed by atoms with Crippen molar-refractivity contribution < 1.29 is 14.3 Å². The predicted molar refractivity (Wildman–Crippen MR) is 90.9 cm³/mol. The van der Waals surface area contributed by atoms with E-state index in [4.69, 9.17) is 4.74 Å². The Kier molecular flexibility index (Phi) is 7.40. The van der Waals surface area contributed by atoms with Crippen molar-refractivity contribution in [1.82, 2.24) is 4.90 Å². The summed E-state index contributed by atoms with van der Waals surface area (Å²) in [5, 5.41) is -0.109. The Balaban J connectivity index is 2.81. The number of methoxy groups -OCH3 is 1. The average molecular weight is 334 g/mol. The first-order valence-corrected chi connectivity index (χ1v) is 9.52. The van der Waals surface area contributed by atoms with Crippen LogP contribution in [0.15, 0.2) is 0 Å². The molecule has 0 aromatic carbocycles. The third-order valence-corrected chi connectivity index (χ3v) is 6.28. The maximum atomic E-state index is 12.7. The highest BCUT2D eigenvalue weighted by Crippen LogP contribution is 2.37. The summed E-state index contributed by atoms with van der Waals surface area (Å²) in [5.74, 6) is 1.59. The van der Waals surface area contributed by atoms with Gasteiger partial charge in [-0.15, -0.1) is 11.8 Å². The van der Waals surface area contributed by atoms with Crippen LogP contribution in [0.5, 0.6) is 0 Å². The second kappa shape index (κ2) is 8.32. The van der Waals surface area contributed by atoms with Gasteiger partial charge in [-0.2, -0.15) is 11.8 Å². The van der Waals surface area contributed by atoms with E-state index in [1.807, 2.05) is 20.8 Å². The highest BCUT2D eigenvalue weighted by atomic mass is 32.2. The fourth-order valence-corrected chi connectivity index (χ4v) is 4.74. The van der Waals surface area contributed by atoms with Gasteiger partial charge in [0.1, 0.15) is 6.04 Å². The number of carbonyl (C=O) groups excluding carboxylic acids is 2. The molecule has 21 heavy (non-hydrogen) atoms. The van der Waals surface area contributed by atoms with Crippen LogP contribution in [0.3, 0.4) is 0 Å². The summed E-state index contributed by atoms with van der Waals surface area (Å²) in [6.07, 6.45) is 2.25. The molecule has 1 heterocycles. The minimum absolute atomic E-state index is 0.0554. The second-order valence-corrected chi connectivity index (χ2v) is 8.97. The lowest BCUT2D eigenvalue weighted by atomic mass is 10.0. The molecule has 1 amide bonds. The number of thioether (sulfide) groups is 2. The van der Waals surface area contributed by atoms with Gasteiger partial charge in [0.2, 0.25) is 5.91 Å². The fourth-order valence-electron chi connectivity index (χ4n) is 2.46. The summed E-state index contributed by atoms with van der Waals surface area (Å²) >= 11 is 3.40. The normalized spacial score (nSPS) is 22.7. The van der Waals surface area contributed by atoms with Crippen molar-refractivity contribution in [2.45, 2.75) is 56.6 Å². The largest absolute Gasteiger partial charge is 0.467 e. The number of carbonyl (C=O) groups is 2. The first-order chi connectivity index (χ1) is 9.85. The molecule has 0 aromatic rings. The van der Waals surface area contributed by atoms with Crippen LogP contribution >= 0.6 is 23.5 Å². The standard InChI is InChI=1S/C15H27NO3S2/c1-6-7-9-20-11(2)13(17)16-8-10-21-15(3,4)12(16)14(18)19-5/h11-12H,6-10H2,1-5H3/t11?,12-/m0/s1. The number of amides is 1. The highest BCUT2D eigenvalue weighted by molar-refractivity contribution is 8.01.